The molecule has 0 aromatic carbocycles. The molecule has 1 aliphatic carbocycles. The van der Waals surface area contributed by atoms with Crippen molar-refractivity contribution in [3.63, 3.8) is 0 Å². The summed E-state index contributed by atoms with van der Waals surface area (Å²) < 4.78 is 65.2. The highest BCUT2D eigenvalue weighted by Gasteiger charge is 2.36. The number of amides is 1. The van der Waals surface area contributed by atoms with Crippen molar-refractivity contribution in [1.82, 2.24) is 19.9 Å². The van der Waals surface area contributed by atoms with Gasteiger partial charge in [0.05, 0.1) is 34.9 Å². The second-order valence-corrected chi connectivity index (χ2v) is 10.4. The number of carbonyl (C=O) groups is 1. The standard InChI is InChI=1S/C20H19F3N6O3S2/c1-2-13(15-10-33-19(27-15)29-34(31,32)12-4-5-12)18(30)28-17-6-3-11(7-25-17)14-8-24-9-16(26-14)20(21,22)23/h3,6-10,12-13H,2,4-5H2,1H3,(H,27,29)(H,25,28,30). The normalized spacial score (nSPS) is 15.1. The second kappa shape index (κ2) is 9.25. The smallest absolute Gasteiger partial charge is 0.310 e. The van der Waals surface area contributed by atoms with E-state index in [0.717, 1.165) is 11.3 Å². The average molecular weight is 513 g/mol. The monoisotopic (exact) mass is 512 g/mol. The number of carbonyl (C=O) groups excluding carboxylic acids is 1. The molecule has 2 N–H and O–H groups in total. The van der Waals surface area contributed by atoms with Crippen LogP contribution in [0.5, 0.6) is 0 Å². The van der Waals surface area contributed by atoms with Crippen LogP contribution in [0.3, 0.4) is 0 Å². The number of hydrogen-bond acceptors (Lipinski definition) is 8. The Labute approximate surface area is 196 Å². The highest BCUT2D eigenvalue weighted by molar-refractivity contribution is 7.93. The summed E-state index contributed by atoms with van der Waals surface area (Å²) in [5.41, 5.74) is -0.393. The summed E-state index contributed by atoms with van der Waals surface area (Å²) in [6.07, 6.45) is 0.148. The number of halogens is 3. The molecule has 1 amide bonds. The molecule has 0 bridgehead atoms. The van der Waals surface area contributed by atoms with Gasteiger partial charge in [0.25, 0.3) is 0 Å². The molecule has 3 heterocycles. The van der Waals surface area contributed by atoms with Crippen molar-refractivity contribution >= 4 is 38.2 Å². The van der Waals surface area contributed by atoms with Gasteiger partial charge in [-0.15, -0.1) is 11.3 Å². The maximum Gasteiger partial charge on any atom is 0.434 e. The molecule has 1 unspecified atom stereocenters. The van der Waals surface area contributed by atoms with E-state index in [1.54, 1.807) is 12.3 Å². The van der Waals surface area contributed by atoms with E-state index in [4.69, 9.17) is 0 Å². The zero-order valence-electron chi connectivity index (χ0n) is 17.7. The summed E-state index contributed by atoms with van der Waals surface area (Å²) in [4.78, 5) is 28.3. The Hall–Kier alpha value is -3.13. The molecule has 0 spiro atoms. The number of alkyl halides is 3. The van der Waals surface area contributed by atoms with Gasteiger partial charge in [0.1, 0.15) is 5.82 Å². The minimum atomic E-state index is -4.62. The Kier molecular flexibility index (Phi) is 6.53. The van der Waals surface area contributed by atoms with Crippen LogP contribution < -0.4 is 10.0 Å². The number of pyridine rings is 1. The SMILES string of the molecule is CCC(C(=O)Nc1ccc(-c2cncc(C(F)(F)F)n2)cn1)c1csc(NS(=O)(=O)C2CC2)n1. The first-order valence-corrected chi connectivity index (χ1v) is 12.6. The predicted octanol–water partition coefficient (Wildman–Crippen LogP) is 4.05. The quantitative estimate of drug-likeness (QED) is 0.466. The van der Waals surface area contributed by atoms with Gasteiger partial charge in [0, 0.05) is 17.1 Å². The first-order chi connectivity index (χ1) is 16.1. The van der Waals surface area contributed by atoms with E-state index in [1.807, 2.05) is 0 Å². The Morgan fingerprint density at radius 3 is 2.59 bits per heavy atom. The summed E-state index contributed by atoms with van der Waals surface area (Å²) in [5.74, 6) is -0.855. The van der Waals surface area contributed by atoms with Gasteiger partial charge in [-0.25, -0.2) is 23.4 Å². The van der Waals surface area contributed by atoms with Crippen LogP contribution in [-0.2, 0) is 21.0 Å². The molecule has 4 rings (SSSR count). The zero-order chi connectivity index (χ0) is 24.5. The van der Waals surface area contributed by atoms with Crippen LogP contribution >= 0.6 is 11.3 Å². The molecule has 9 nitrogen and oxygen atoms in total. The van der Waals surface area contributed by atoms with E-state index < -0.39 is 33.7 Å². The summed E-state index contributed by atoms with van der Waals surface area (Å²) in [6, 6.07) is 2.92. The van der Waals surface area contributed by atoms with Gasteiger partial charge >= 0.3 is 6.18 Å². The zero-order valence-corrected chi connectivity index (χ0v) is 19.3. The summed E-state index contributed by atoms with van der Waals surface area (Å²) in [6.45, 7) is 1.79. The highest BCUT2D eigenvalue weighted by Crippen LogP contribution is 2.32. The van der Waals surface area contributed by atoms with Crippen molar-refractivity contribution in [2.45, 2.75) is 43.5 Å². The van der Waals surface area contributed by atoms with E-state index in [0.29, 0.717) is 36.7 Å². The molecule has 1 saturated carbocycles. The molecule has 34 heavy (non-hydrogen) atoms. The van der Waals surface area contributed by atoms with Gasteiger partial charge in [-0.05, 0) is 31.4 Å². The third-order valence-corrected chi connectivity index (χ3v) is 7.76. The first kappa shape index (κ1) is 24.0. The summed E-state index contributed by atoms with van der Waals surface area (Å²) in [7, 11) is -3.45. The lowest BCUT2D eigenvalue weighted by Crippen LogP contribution is -2.22. The average Bonchev–Trinajstić information content (AvgIpc) is 3.56. The van der Waals surface area contributed by atoms with Crippen molar-refractivity contribution in [2.75, 3.05) is 10.0 Å². The molecule has 3 aromatic heterocycles. The molecule has 0 aliphatic heterocycles. The van der Waals surface area contributed by atoms with Crippen LogP contribution in [-0.4, -0.2) is 39.5 Å². The van der Waals surface area contributed by atoms with E-state index in [1.165, 1.54) is 24.5 Å². The van der Waals surface area contributed by atoms with Crippen LogP contribution in [0.15, 0.2) is 36.1 Å². The second-order valence-electron chi connectivity index (χ2n) is 7.59. The number of rotatable bonds is 8. The van der Waals surface area contributed by atoms with Crippen molar-refractivity contribution in [3.05, 3.63) is 47.5 Å². The van der Waals surface area contributed by atoms with Crippen LogP contribution in [0.2, 0.25) is 0 Å². The van der Waals surface area contributed by atoms with Gasteiger partial charge in [0.15, 0.2) is 10.8 Å². The summed E-state index contributed by atoms with van der Waals surface area (Å²) >= 11 is 1.10. The maximum absolute atomic E-state index is 12.9. The van der Waals surface area contributed by atoms with E-state index in [9.17, 15) is 26.4 Å². The molecule has 1 aliphatic rings. The fourth-order valence-electron chi connectivity index (χ4n) is 3.08. The van der Waals surface area contributed by atoms with Crippen molar-refractivity contribution in [1.29, 1.82) is 0 Å². The lowest BCUT2D eigenvalue weighted by atomic mass is 10.0. The predicted molar refractivity (Wildman–Crippen MR) is 120 cm³/mol. The minimum Gasteiger partial charge on any atom is -0.310 e. The van der Waals surface area contributed by atoms with Crippen LogP contribution in [0.25, 0.3) is 11.3 Å². The number of nitrogens with one attached hydrogen (secondary N) is 2. The Morgan fingerprint density at radius 2 is 1.97 bits per heavy atom. The van der Waals surface area contributed by atoms with Crippen molar-refractivity contribution in [2.24, 2.45) is 0 Å². The minimum absolute atomic E-state index is 0.00436. The number of anilines is 2. The maximum atomic E-state index is 12.9. The summed E-state index contributed by atoms with van der Waals surface area (Å²) in [5, 5.41) is 4.10. The van der Waals surface area contributed by atoms with Crippen molar-refractivity contribution < 1.29 is 26.4 Å². The lowest BCUT2D eigenvalue weighted by molar-refractivity contribution is -0.141. The molecule has 180 valence electrons. The number of aromatic nitrogens is 4. The number of sulfonamides is 1. The molecule has 1 atom stereocenters. The number of hydrogen-bond donors (Lipinski definition) is 2. The largest absolute Gasteiger partial charge is 0.434 e. The van der Waals surface area contributed by atoms with E-state index >= 15 is 0 Å². The fraction of sp³-hybridized carbons (Fsp3) is 0.350. The van der Waals surface area contributed by atoms with E-state index in [2.05, 4.69) is 30.0 Å². The Morgan fingerprint density at radius 1 is 1.21 bits per heavy atom. The van der Waals surface area contributed by atoms with Gasteiger partial charge in [-0.2, -0.15) is 13.2 Å². The van der Waals surface area contributed by atoms with Crippen molar-refractivity contribution in [3.8, 4) is 11.3 Å². The van der Waals surface area contributed by atoms with Crippen LogP contribution in [0.1, 0.15) is 43.5 Å². The Balaban J connectivity index is 1.44. The third-order valence-electron chi connectivity index (χ3n) is 5.03. The molecule has 0 radical (unpaired) electrons. The molecule has 14 heteroatoms. The molecule has 0 saturated heterocycles. The number of nitrogens with zero attached hydrogens (tertiary/aromatic N) is 4. The first-order valence-electron chi connectivity index (χ1n) is 10.2. The molecular formula is C20H19F3N6O3S2. The van der Waals surface area contributed by atoms with Crippen LogP contribution in [0.4, 0.5) is 24.1 Å². The van der Waals surface area contributed by atoms with E-state index in [-0.39, 0.29) is 21.9 Å². The molecule has 1 fully saturated rings. The van der Waals surface area contributed by atoms with Gasteiger partial charge in [0.2, 0.25) is 15.9 Å². The molecular weight excluding hydrogens is 493 g/mol. The third kappa shape index (κ3) is 5.50. The van der Waals surface area contributed by atoms with Gasteiger partial charge in [-0.1, -0.05) is 6.92 Å². The fourth-order valence-corrected chi connectivity index (χ4v) is 5.44. The topological polar surface area (TPSA) is 127 Å². The Bertz CT molecular complexity index is 1290. The molecule has 3 aromatic rings. The van der Waals surface area contributed by atoms with Gasteiger partial charge in [-0.3, -0.25) is 14.5 Å². The number of thiazole rings is 1. The highest BCUT2D eigenvalue weighted by atomic mass is 32.2. The lowest BCUT2D eigenvalue weighted by Gasteiger charge is -2.13. The van der Waals surface area contributed by atoms with Gasteiger partial charge < -0.3 is 5.32 Å². The van der Waals surface area contributed by atoms with Crippen LogP contribution in [0, 0.1) is 0 Å².